The SMILES string of the molecule is CN(C)CCCc1c[nH]c2nccc(Oc3ccccc3F)c12. The molecular formula is C18H20FN3O. The molecule has 1 aromatic carbocycles. The van der Waals surface area contributed by atoms with Crippen LogP contribution in [0.1, 0.15) is 12.0 Å². The Kier molecular flexibility index (Phi) is 4.57. The maximum absolute atomic E-state index is 13.8. The van der Waals surface area contributed by atoms with Gasteiger partial charge in [0.05, 0.1) is 5.39 Å². The van der Waals surface area contributed by atoms with E-state index in [1.54, 1.807) is 30.5 Å². The monoisotopic (exact) mass is 313 g/mol. The Labute approximate surface area is 134 Å². The number of aryl methyl sites for hydroxylation is 1. The van der Waals surface area contributed by atoms with Gasteiger partial charge >= 0.3 is 0 Å². The standard InChI is InChI=1S/C18H20FN3O/c1-22(2)11-5-6-13-12-21-18-17(13)16(9-10-20-18)23-15-8-4-3-7-14(15)19/h3-4,7-10,12H,5-6,11H2,1-2H3,(H,20,21). The van der Waals surface area contributed by atoms with Crippen LogP contribution in [0, 0.1) is 5.82 Å². The minimum absolute atomic E-state index is 0.223. The molecule has 0 unspecified atom stereocenters. The largest absolute Gasteiger partial charge is 0.453 e. The number of hydrogen-bond donors (Lipinski definition) is 1. The molecule has 0 amide bonds. The molecule has 4 nitrogen and oxygen atoms in total. The first-order chi connectivity index (χ1) is 11.1. The zero-order chi connectivity index (χ0) is 16.2. The van der Waals surface area contributed by atoms with Crippen LogP contribution in [0.15, 0.2) is 42.7 Å². The van der Waals surface area contributed by atoms with Gasteiger partial charge in [-0.2, -0.15) is 0 Å². The van der Waals surface area contributed by atoms with Gasteiger partial charge in [0.2, 0.25) is 0 Å². The number of benzene rings is 1. The topological polar surface area (TPSA) is 41.2 Å². The van der Waals surface area contributed by atoms with Crippen LogP contribution in [0.25, 0.3) is 11.0 Å². The number of rotatable bonds is 6. The van der Waals surface area contributed by atoms with Gasteiger partial charge in [-0.25, -0.2) is 9.37 Å². The zero-order valence-electron chi connectivity index (χ0n) is 13.3. The van der Waals surface area contributed by atoms with Crippen molar-refractivity contribution in [3.63, 3.8) is 0 Å². The average molecular weight is 313 g/mol. The van der Waals surface area contributed by atoms with Crippen molar-refractivity contribution in [3.8, 4) is 11.5 Å². The summed E-state index contributed by atoms with van der Waals surface area (Å²) in [4.78, 5) is 9.66. The molecular weight excluding hydrogens is 293 g/mol. The maximum atomic E-state index is 13.8. The van der Waals surface area contributed by atoms with Gasteiger partial charge in [-0.15, -0.1) is 0 Å². The molecule has 1 N–H and O–H groups in total. The number of nitrogens with zero attached hydrogens (tertiary/aromatic N) is 2. The van der Waals surface area contributed by atoms with Gasteiger partial charge in [-0.3, -0.25) is 0 Å². The molecule has 0 bridgehead atoms. The van der Waals surface area contributed by atoms with Crippen LogP contribution in [0.2, 0.25) is 0 Å². The number of ether oxygens (including phenoxy) is 1. The molecule has 0 fully saturated rings. The van der Waals surface area contributed by atoms with E-state index in [0.717, 1.165) is 36.0 Å². The fraction of sp³-hybridized carbons (Fsp3) is 0.278. The van der Waals surface area contributed by atoms with Crippen molar-refractivity contribution in [2.24, 2.45) is 0 Å². The first kappa shape index (κ1) is 15.5. The number of aromatic amines is 1. The second kappa shape index (κ2) is 6.79. The fourth-order valence-electron chi connectivity index (χ4n) is 2.61. The minimum atomic E-state index is -0.373. The highest BCUT2D eigenvalue weighted by Crippen LogP contribution is 2.32. The first-order valence-corrected chi connectivity index (χ1v) is 7.67. The number of aromatic nitrogens is 2. The molecule has 0 atom stereocenters. The van der Waals surface area contributed by atoms with Crippen LogP contribution in [-0.4, -0.2) is 35.5 Å². The third-order valence-corrected chi connectivity index (χ3v) is 3.72. The summed E-state index contributed by atoms with van der Waals surface area (Å²) < 4.78 is 19.6. The maximum Gasteiger partial charge on any atom is 0.165 e. The minimum Gasteiger partial charge on any atom is -0.453 e. The van der Waals surface area contributed by atoms with Crippen molar-refractivity contribution in [2.45, 2.75) is 12.8 Å². The van der Waals surface area contributed by atoms with E-state index < -0.39 is 0 Å². The Bertz CT molecular complexity index is 798. The third kappa shape index (κ3) is 3.51. The predicted molar refractivity (Wildman–Crippen MR) is 89.4 cm³/mol. The van der Waals surface area contributed by atoms with E-state index in [1.807, 2.05) is 6.20 Å². The Morgan fingerprint density at radius 2 is 2.00 bits per heavy atom. The lowest BCUT2D eigenvalue weighted by Crippen LogP contribution is -2.13. The molecule has 0 spiro atoms. The number of para-hydroxylation sites is 1. The molecule has 0 aliphatic heterocycles. The summed E-state index contributed by atoms with van der Waals surface area (Å²) >= 11 is 0. The molecule has 23 heavy (non-hydrogen) atoms. The molecule has 3 rings (SSSR count). The van der Waals surface area contributed by atoms with Crippen molar-refractivity contribution in [1.29, 1.82) is 0 Å². The average Bonchev–Trinajstić information content (AvgIpc) is 2.94. The summed E-state index contributed by atoms with van der Waals surface area (Å²) in [6.45, 7) is 1.01. The molecule has 120 valence electrons. The van der Waals surface area contributed by atoms with Crippen molar-refractivity contribution in [2.75, 3.05) is 20.6 Å². The lowest BCUT2D eigenvalue weighted by molar-refractivity contribution is 0.400. The second-order valence-electron chi connectivity index (χ2n) is 5.79. The van der Waals surface area contributed by atoms with E-state index in [2.05, 4.69) is 29.0 Å². The smallest absolute Gasteiger partial charge is 0.165 e. The van der Waals surface area contributed by atoms with Gasteiger partial charge in [0.1, 0.15) is 11.4 Å². The fourth-order valence-corrected chi connectivity index (χ4v) is 2.61. The number of pyridine rings is 1. The number of nitrogens with one attached hydrogen (secondary N) is 1. The van der Waals surface area contributed by atoms with Gasteiger partial charge in [0.15, 0.2) is 11.6 Å². The van der Waals surface area contributed by atoms with Crippen LogP contribution in [0.4, 0.5) is 4.39 Å². The Morgan fingerprint density at radius 3 is 2.78 bits per heavy atom. The molecule has 2 aromatic heterocycles. The number of hydrogen-bond acceptors (Lipinski definition) is 3. The summed E-state index contributed by atoms with van der Waals surface area (Å²) in [6, 6.07) is 8.19. The van der Waals surface area contributed by atoms with Crippen LogP contribution in [-0.2, 0) is 6.42 Å². The highest BCUT2D eigenvalue weighted by molar-refractivity contribution is 5.86. The molecule has 2 heterocycles. The summed E-state index contributed by atoms with van der Waals surface area (Å²) in [7, 11) is 4.12. The molecule has 0 saturated carbocycles. The van der Waals surface area contributed by atoms with E-state index in [1.165, 1.54) is 6.07 Å². The summed E-state index contributed by atoms with van der Waals surface area (Å²) in [5, 5.41) is 0.925. The van der Waals surface area contributed by atoms with Crippen molar-refractivity contribution in [1.82, 2.24) is 14.9 Å². The van der Waals surface area contributed by atoms with E-state index in [4.69, 9.17) is 4.74 Å². The molecule has 0 saturated heterocycles. The molecule has 3 aromatic rings. The highest BCUT2D eigenvalue weighted by atomic mass is 19.1. The zero-order valence-corrected chi connectivity index (χ0v) is 13.3. The summed E-state index contributed by atoms with van der Waals surface area (Å²) in [5.41, 5.74) is 1.90. The van der Waals surface area contributed by atoms with Crippen molar-refractivity contribution >= 4 is 11.0 Å². The summed E-state index contributed by atoms with van der Waals surface area (Å²) in [5.74, 6) is 0.476. The van der Waals surface area contributed by atoms with Gasteiger partial charge in [-0.1, -0.05) is 12.1 Å². The predicted octanol–water partition coefficient (Wildman–Crippen LogP) is 3.99. The van der Waals surface area contributed by atoms with Crippen molar-refractivity contribution < 1.29 is 9.13 Å². The summed E-state index contributed by atoms with van der Waals surface area (Å²) in [6.07, 6.45) is 5.58. The Hall–Kier alpha value is -2.40. The first-order valence-electron chi connectivity index (χ1n) is 7.67. The van der Waals surface area contributed by atoms with Crippen LogP contribution in [0.5, 0.6) is 11.5 Å². The highest BCUT2D eigenvalue weighted by Gasteiger charge is 2.13. The van der Waals surface area contributed by atoms with Gasteiger partial charge in [-0.05, 0) is 57.2 Å². The van der Waals surface area contributed by atoms with E-state index >= 15 is 0 Å². The molecule has 0 aliphatic rings. The van der Waals surface area contributed by atoms with Gasteiger partial charge < -0.3 is 14.6 Å². The van der Waals surface area contributed by atoms with E-state index in [0.29, 0.717) is 5.75 Å². The number of H-pyrrole nitrogens is 1. The van der Waals surface area contributed by atoms with Gasteiger partial charge in [0.25, 0.3) is 0 Å². The lowest BCUT2D eigenvalue weighted by atomic mass is 10.1. The van der Waals surface area contributed by atoms with Crippen LogP contribution >= 0.6 is 0 Å². The Morgan fingerprint density at radius 1 is 1.17 bits per heavy atom. The van der Waals surface area contributed by atoms with Crippen LogP contribution in [0.3, 0.4) is 0 Å². The molecule has 0 aliphatic carbocycles. The quantitative estimate of drug-likeness (QED) is 0.748. The number of fused-ring (bicyclic) bond motifs is 1. The molecule has 0 radical (unpaired) electrons. The Balaban J connectivity index is 1.91. The second-order valence-corrected chi connectivity index (χ2v) is 5.79. The number of halogens is 1. The van der Waals surface area contributed by atoms with E-state index in [9.17, 15) is 4.39 Å². The van der Waals surface area contributed by atoms with Crippen molar-refractivity contribution in [3.05, 3.63) is 54.1 Å². The third-order valence-electron chi connectivity index (χ3n) is 3.72. The normalized spacial score (nSPS) is 11.3. The molecule has 5 heteroatoms. The lowest BCUT2D eigenvalue weighted by Gasteiger charge is -2.10. The van der Waals surface area contributed by atoms with E-state index in [-0.39, 0.29) is 11.6 Å². The van der Waals surface area contributed by atoms with Crippen LogP contribution < -0.4 is 4.74 Å². The van der Waals surface area contributed by atoms with Gasteiger partial charge in [0, 0.05) is 12.4 Å².